The van der Waals surface area contributed by atoms with Gasteiger partial charge in [0.1, 0.15) is 17.2 Å². The molecule has 1 aliphatic heterocycles. The minimum absolute atomic E-state index is 0.106. The predicted octanol–water partition coefficient (Wildman–Crippen LogP) is 4.05. The molecule has 0 unspecified atom stereocenters. The maximum absolute atomic E-state index is 12.1. The van der Waals surface area contributed by atoms with Crippen LogP contribution < -0.4 is 10.1 Å². The summed E-state index contributed by atoms with van der Waals surface area (Å²) in [6, 6.07) is 12.3. The molecule has 0 aromatic heterocycles. The fraction of sp³-hybridized carbons (Fsp3) is 0.0588. The number of thioether (sulfide) groups is 1. The van der Waals surface area contributed by atoms with Crippen LogP contribution in [0.4, 0.5) is 5.69 Å². The van der Waals surface area contributed by atoms with Gasteiger partial charge in [-0.2, -0.15) is 0 Å². The number of nitrogens with zero attached hydrogens (tertiary/aromatic N) is 1. The Balaban J connectivity index is 1.89. The average molecular weight is 405 g/mol. The minimum Gasteiger partial charge on any atom is -0.507 e. The van der Waals surface area contributed by atoms with Gasteiger partial charge in [0.05, 0.1) is 12.0 Å². The molecule has 0 bridgehead atoms. The molecule has 2 aromatic rings. The third-order valence-corrected chi connectivity index (χ3v) is 4.64. The number of para-hydroxylation sites is 2. The summed E-state index contributed by atoms with van der Waals surface area (Å²) in [6.45, 7) is 0. The molecular weight excluding hydrogens is 392 g/mol. The molecule has 7 heteroatoms. The SMILES string of the molecule is COc1ccccc1N=C1NC(=O)/C(=C/c2cc(Br)ccc2O)S1. The molecule has 1 aliphatic rings. The van der Waals surface area contributed by atoms with Gasteiger partial charge < -0.3 is 15.2 Å². The molecule has 24 heavy (non-hydrogen) atoms. The first-order valence-corrected chi connectivity index (χ1v) is 8.59. The van der Waals surface area contributed by atoms with Crippen molar-refractivity contribution >= 4 is 50.5 Å². The number of hydrogen-bond acceptors (Lipinski definition) is 5. The van der Waals surface area contributed by atoms with Crippen molar-refractivity contribution < 1.29 is 14.6 Å². The molecule has 2 aromatic carbocycles. The van der Waals surface area contributed by atoms with Crippen molar-refractivity contribution in [2.75, 3.05) is 7.11 Å². The van der Waals surface area contributed by atoms with Gasteiger partial charge in [-0.25, -0.2) is 4.99 Å². The summed E-state index contributed by atoms with van der Waals surface area (Å²) in [4.78, 5) is 17.0. The van der Waals surface area contributed by atoms with Gasteiger partial charge >= 0.3 is 0 Å². The fourth-order valence-corrected chi connectivity index (χ4v) is 3.30. The zero-order chi connectivity index (χ0) is 17.1. The molecular formula is C17H13BrN2O3S. The quantitative estimate of drug-likeness (QED) is 0.756. The Labute approximate surface area is 151 Å². The number of amidine groups is 1. The van der Waals surface area contributed by atoms with E-state index in [4.69, 9.17) is 4.74 Å². The maximum atomic E-state index is 12.1. The molecule has 0 spiro atoms. The second-order valence-corrected chi connectivity index (χ2v) is 6.80. The lowest BCUT2D eigenvalue weighted by molar-refractivity contribution is -0.115. The number of aromatic hydroxyl groups is 1. The van der Waals surface area contributed by atoms with Crippen molar-refractivity contribution in [2.24, 2.45) is 4.99 Å². The first-order chi connectivity index (χ1) is 11.6. The zero-order valence-corrected chi connectivity index (χ0v) is 15.0. The van der Waals surface area contributed by atoms with E-state index in [1.807, 2.05) is 12.1 Å². The van der Waals surface area contributed by atoms with Crippen LogP contribution in [0.1, 0.15) is 5.56 Å². The zero-order valence-electron chi connectivity index (χ0n) is 12.6. The van der Waals surface area contributed by atoms with E-state index in [1.54, 1.807) is 43.5 Å². The molecule has 1 amide bonds. The molecule has 0 atom stereocenters. The van der Waals surface area contributed by atoms with Crippen LogP contribution in [0.5, 0.6) is 11.5 Å². The van der Waals surface area contributed by atoms with Crippen molar-refractivity contribution in [3.05, 3.63) is 57.4 Å². The van der Waals surface area contributed by atoms with Crippen LogP contribution in [0.2, 0.25) is 0 Å². The van der Waals surface area contributed by atoms with Crippen LogP contribution in [-0.2, 0) is 4.79 Å². The molecule has 0 saturated carbocycles. The second-order valence-electron chi connectivity index (χ2n) is 4.86. The number of amides is 1. The number of aliphatic imine (C=N–C) groups is 1. The average Bonchev–Trinajstić information content (AvgIpc) is 2.91. The minimum atomic E-state index is -0.256. The lowest BCUT2D eigenvalue weighted by Gasteiger charge is -2.03. The Hall–Kier alpha value is -2.25. The third-order valence-electron chi connectivity index (χ3n) is 3.23. The number of methoxy groups -OCH3 is 1. The Morgan fingerprint density at radius 3 is 2.88 bits per heavy atom. The highest BCUT2D eigenvalue weighted by Gasteiger charge is 2.24. The molecule has 1 heterocycles. The van der Waals surface area contributed by atoms with E-state index in [-0.39, 0.29) is 11.7 Å². The van der Waals surface area contributed by atoms with Gasteiger partial charge in [-0.15, -0.1) is 0 Å². The lowest BCUT2D eigenvalue weighted by atomic mass is 10.2. The van der Waals surface area contributed by atoms with Crippen molar-refractivity contribution in [2.45, 2.75) is 0 Å². The highest BCUT2D eigenvalue weighted by Crippen LogP contribution is 2.33. The number of benzene rings is 2. The van der Waals surface area contributed by atoms with Crippen LogP contribution in [-0.4, -0.2) is 23.3 Å². The van der Waals surface area contributed by atoms with Gasteiger partial charge in [0.2, 0.25) is 0 Å². The summed E-state index contributed by atoms with van der Waals surface area (Å²) in [7, 11) is 1.57. The number of halogens is 1. The normalized spacial score (nSPS) is 17.3. The topological polar surface area (TPSA) is 70.9 Å². The van der Waals surface area contributed by atoms with Gasteiger partial charge in [0.15, 0.2) is 5.17 Å². The van der Waals surface area contributed by atoms with E-state index in [2.05, 4.69) is 26.2 Å². The highest BCUT2D eigenvalue weighted by molar-refractivity contribution is 9.10. The number of carbonyl (C=O) groups excluding carboxylic acids is 1. The molecule has 3 rings (SSSR count). The summed E-state index contributed by atoms with van der Waals surface area (Å²) < 4.78 is 6.07. The van der Waals surface area contributed by atoms with Crippen LogP contribution in [0, 0.1) is 0 Å². The molecule has 5 nitrogen and oxygen atoms in total. The number of ether oxygens (including phenoxy) is 1. The molecule has 1 fully saturated rings. The van der Waals surface area contributed by atoms with Gasteiger partial charge in [0.25, 0.3) is 5.91 Å². The summed E-state index contributed by atoms with van der Waals surface area (Å²) in [5, 5.41) is 13.1. The van der Waals surface area contributed by atoms with Crippen LogP contribution in [0.25, 0.3) is 6.08 Å². The van der Waals surface area contributed by atoms with Gasteiger partial charge in [-0.3, -0.25) is 4.79 Å². The van der Waals surface area contributed by atoms with Crippen molar-refractivity contribution in [3.63, 3.8) is 0 Å². The van der Waals surface area contributed by atoms with E-state index >= 15 is 0 Å². The van der Waals surface area contributed by atoms with Crippen molar-refractivity contribution in [1.82, 2.24) is 5.32 Å². The van der Waals surface area contributed by atoms with E-state index in [1.165, 1.54) is 11.8 Å². The largest absolute Gasteiger partial charge is 0.507 e. The number of carbonyl (C=O) groups is 1. The van der Waals surface area contributed by atoms with Gasteiger partial charge in [-0.1, -0.05) is 28.1 Å². The van der Waals surface area contributed by atoms with E-state index in [0.29, 0.717) is 27.1 Å². The highest BCUT2D eigenvalue weighted by atomic mass is 79.9. The number of phenols is 1. The number of phenolic OH excluding ortho intramolecular Hbond substituents is 1. The standard InChI is InChI=1S/C17H13BrN2O3S/c1-23-14-5-3-2-4-12(14)19-17-20-16(22)15(24-17)9-10-8-11(18)6-7-13(10)21/h2-9,21H,1H3,(H,19,20,22)/b15-9-. The second kappa shape index (κ2) is 7.11. The maximum Gasteiger partial charge on any atom is 0.264 e. The lowest BCUT2D eigenvalue weighted by Crippen LogP contribution is -2.19. The van der Waals surface area contributed by atoms with Gasteiger partial charge in [0, 0.05) is 10.0 Å². The summed E-state index contributed by atoms with van der Waals surface area (Å²) in [5.41, 5.74) is 1.19. The fourth-order valence-electron chi connectivity index (χ4n) is 2.09. The number of nitrogens with one attached hydrogen (secondary N) is 1. The monoisotopic (exact) mass is 404 g/mol. The third kappa shape index (κ3) is 3.63. The van der Waals surface area contributed by atoms with Gasteiger partial charge in [-0.05, 0) is 48.2 Å². The predicted molar refractivity (Wildman–Crippen MR) is 99.6 cm³/mol. The van der Waals surface area contributed by atoms with Crippen molar-refractivity contribution in [3.8, 4) is 11.5 Å². The molecule has 0 radical (unpaired) electrons. The smallest absolute Gasteiger partial charge is 0.264 e. The number of hydrogen-bond donors (Lipinski definition) is 2. The summed E-state index contributed by atoms with van der Waals surface area (Å²) in [5.74, 6) is 0.476. The van der Waals surface area contributed by atoms with E-state index in [9.17, 15) is 9.90 Å². The Morgan fingerprint density at radius 1 is 1.29 bits per heavy atom. The molecule has 1 saturated heterocycles. The van der Waals surface area contributed by atoms with E-state index in [0.717, 1.165) is 4.47 Å². The molecule has 2 N–H and O–H groups in total. The molecule has 0 aliphatic carbocycles. The number of rotatable bonds is 3. The van der Waals surface area contributed by atoms with E-state index < -0.39 is 0 Å². The summed E-state index contributed by atoms with van der Waals surface area (Å²) in [6.07, 6.45) is 1.63. The Morgan fingerprint density at radius 2 is 2.08 bits per heavy atom. The Bertz CT molecular complexity index is 865. The first-order valence-electron chi connectivity index (χ1n) is 6.98. The van der Waals surface area contributed by atoms with Crippen LogP contribution >= 0.6 is 27.7 Å². The first kappa shape index (κ1) is 16.6. The molecule has 122 valence electrons. The summed E-state index contributed by atoms with van der Waals surface area (Å²) >= 11 is 4.56. The van der Waals surface area contributed by atoms with Crippen molar-refractivity contribution in [1.29, 1.82) is 0 Å². The van der Waals surface area contributed by atoms with Crippen LogP contribution in [0.15, 0.2) is 56.8 Å². The van der Waals surface area contributed by atoms with Crippen LogP contribution in [0.3, 0.4) is 0 Å². The Kier molecular flexibility index (Phi) is 4.92.